The van der Waals surface area contributed by atoms with Crippen LogP contribution in [-0.2, 0) is 0 Å². The van der Waals surface area contributed by atoms with Crippen molar-refractivity contribution in [2.75, 3.05) is 20.1 Å². The van der Waals surface area contributed by atoms with Crippen molar-refractivity contribution in [3.05, 3.63) is 22.4 Å². The summed E-state index contributed by atoms with van der Waals surface area (Å²) in [7, 11) is 2.20. The Bertz CT molecular complexity index is 306. The molecule has 1 atom stereocenters. The molecule has 0 aromatic carbocycles. The smallest absolute Gasteiger partial charge is 0.0438 e. The number of hydrogen-bond donors (Lipinski definition) is 1. The third kappa shape index (κ3) is 5.09. The van der Waals surface area contributed by atoms with Crippen molar-refractivity contribution in [3.63, 3.8) is 0 Å². The van der Waals surface area contributed by atoms with Gasteiger partial charge in [0.05, 0.1) is 0 Å². The van der Waals surface area contributed by atoms with E-state index < -0.39 is 0 Å². The molecule has 0 spiro atoms. The fraction of sp³-hybridized carbons (Fsp3) is 0.733. The molecule has 2 nitrogen and oxygen atoms in total. The summed E-state index contributed by atoms with van der Waals surface area (Å²) in [6.45, 7) is 11.3. The third-order valence-electron chi connectivity index (χ3n) is 3.45. The predicted octanol–water partition coefficient (Wildman–Crippen LogP) is 3.77. The first-order valence-corrected chi connectivity index (χ1v) is 7.87. The molecule has 1 rings (SSSR count). The van der Waals surface area contributed by atoms with Gasteiger partial charge in [-0.05, 0) is 57.8 Å². The lowest BCUT2D eigenvalue weighted by Gasteiger charge is -2.24. The van der Waals surface area contributed by atoms with Crippen molar-refractivity contribution in [1.82, 2.24) is 10.2 Å². The number of hydrogen-bond acceptors (Lipinski definition) is 3. The lowest BCUT2D eigenvalue weighted by molar-refractivity contribution is 0.265. The van der Waals surface area contributed by atoms with Crippen molar-refractivity contribution < 1.29 is 0 Å². The number of nitrogens with zero attached hydrogens (tertiary/aromatic N) is 1. The fourth-order valence-electron chi connectivity index (χ4n) is 1.98. The van der Waals surface area contributed by atoms with Crippen LogP contribution in [0.15, 0.2) is 17.5 Å². The fourth-order valence-corrected chi connectivity index (χ4v) is 2.95. The molecule has 1 aromatic heterocycles. The molecule has 0 fully saturated rings. The largest absolute Gasteiger partial charge is 0.309 e. The summed E-state index contributed by atoms with van der Waals surface area (Å²) in [4.78, 5) is 3.86. The Labute approximate surface area is 116 Å². The quantitative estimate of drug-likeness (QED) is 0.722. The average Bonchev–Trinajstić information content (AvgIpc) is 2.81. The average molecular weight is 268 g/mol. The molecule has 3 heteroatoms. The van der Waals surface area contributed by atoms with Crippen LogP contribution in [0.4, 0.5) is 0 Å². The molecule has 0 aliphatic heterocycles. The van der Waals surface area contributed by atoms with Gasteiger partial charge in [-0.2, -0.15) is 0 Å². The Morgan fingerprint density at radius 2 is 2.00 bits per heavy atom. The minimum Gasteiger partial charge on any atom is -0.309 e. The molecule has 0 aliphatic carbocycles. The monoisotopic (exact) mass is 268 g/mol. The first-order chi connectivity index (χ1) is 8.52. The van der Waals surface area contributed by atoms with Gasteiger partial charge in [0.1, 0.15) is 0 Å². The van der Waals surface area contributed by atoms with Crippen LogP contribution in [0.25, 0.3) is 0 Å². The van der Waals surface area contributed by atoms with E-state index in [-0.39, 0.29) is 0 Å². The molecule has 0 aliphatic rings. The van der Waals surface area contributed by atoms with E-state index in [0.29, 0.717) is 18.0 Å². The highest BCUT2D eigenvalue weighted by molar-refractivity contribution is 7.10. The van der Waals surface area contributed by atoms with E-state index in [1.54, 1.807) is 0 Å². The maximum atomic E-state index is 3.70. The molecule has 0 saturated carbocycles. The summed E-state index contributed by atoms with van der Waals surface area (Å²) in [6, 6.07) is 5.53. The van der Waals surface area contributed by atoms with Gasteiger partial charge >= 0.3 is 0 Å². The van der Waals surface area contributed by atoms with Crippen LogP contribution in [0.2, 0.25) is 0 Å². The minimum atomic E-state index is 0.509. The molecule has 104 valence electrons. The van der Waals surface area contributed by atoms with E-state index in [1.807, 2.05) is 11.3 Å². The maximum Gasteiger partial charge on any atom is 0.0438 e. The second-order valence-electron chi connectivity index (χ2n) is 5.62. The number of thiophene rings is 1. The molecule has 1 aromatic rings. The van der Waals surface area contributed by atoms with E-state index in [9.17, 15) is 0 Å². The number of nitrogens with one attached hydrogen (secondary N) is 1. The molecule has 1 heterocycles. The topological polar surface area (TPSA) is 15.3 Å². The molecule has 0 saturated heterocycles. The van der Waals surface area contributed by atoms with Gasteiger partial charge in [-0.15, -0.1) is 11.3 Å². The highest BCUT2D eigenvalue weighted by Crippen LogP contribution is 2.25. The van der Waals surface area contributed by atoms with Gasteiger partial charge in [0, 0.05) is 17.0 Å². The SMILES string of the molecule is CC(C)C(NCCCN(C)C(C)C)c1cccs1. The van der Waals surface area contributed by atoms with Gasteiger partial charge in [-0.1, -0.05) is 19.9 Å². The van der Waals surface area contributed by atoms with E-state index in [2.05, 4.69) is 62.5 Å². The van der Waals surface area contributed by atoms with Gasteiger partial charge in [0.25, 0.3) is 0 Å². The summed E-state index contributed by atoms with van der Waals surface area (Å²) in [5.41, 5.74) is 0. The summed E-state index contributed by atoms with van der Waals surface area (Å²) in [6.07, 6.45) is 1.21. The van der Waals surface area contributed by atoms with Crippen molar-refractivity contribution in [1.29, 1.82) is 0 Å². The Morgan fingerprint density at radius 1 is 1.28 bits per heavy atom. The molecular formula is C15H28N2S. The van der Waals surface area contributed by atoms with Crippen LogP contribution in [-0.4, -0.2) is 31.1 Å². The Morgan fingerprint density at radius 3 is 2.50 bits per heavy atom. The van der Waals surface area contributed by atoms with Crippen molar-refractivity contribution in [3.8, 4) is 0 Å². The normalized spacial score (nSPS) is 13.8. The molecule has 0 bridgehead atoms. The van der Waals surface area contributed by atoms with Crippen molar-refractivity contribution >= 4 is 11.3 Å². The van der Waals surface area contributed by atoms with Gasteiger partial charge in [0.2, 0.25) is 0 Å². The van der Waals surface area contributed by atoms with Crippen LogP contribution >= 0.6 is 11.3 Å². The Kier molecular flexibility index (Phi) is 6.90. The van der Waals surface area contributed by atoms with Crippen LogP contribution in [0.3, 0.4) is 0 Å². The molecular weight excluding hydrogens is 240 g/mol. The molecule has 1 N–H and O–H groups in total. The summed E-state index contributed by atoms with van der Waals surface area (Å²) < 4.78 is 0. The van der Waals surface area contributed by atoms with Gasteiger partial charge < -0.3 is 10.2 Å². The van der Waals surface area contributed by atoms with E-state index in [0.717, 1.165) is 6.54 Å². The molecule has 0 radical (unpaired) electrons. The number of rotatable bonds is 8. The lowest BCUT2D eigenvalue weighted by Crippen LogP contribution is -2.31. The zero-order valence-electron chi connectivity index (χ0n) is 12.4. The van der Waals surface area contributed by atoms with Crippen LogP contribution in [0.1, 0.15) is 45.0 Å². The summed E-state index contributed by atoms with van der Waals surface area (Å²) >= 11 is 1.86. The highest BCUT2D eigenvalue weighted by atomic mass is 32.1. The zero-order valence-corrected chi connectivity index (χ0v) is 13.3. The van der Waals surface area contributed by atoms with Crippen molar-refractivity contribution in [2.45, 2.75) is 46.2 Å². The second kappa shape index (κ2) is 7.93. The summed E-state index contributed by atoms with van der Waals surface area (Å²) in [5.74, 6) is 0.645. The first kappa shape index (κ1) is 15.7. The minimum absolute atomic E-state index is 0.509. The van der Waals surface area contributed by atoms with Crippen LogP contribution in [0.5, 0.6) is 0 Å². The Balaban J connectivity index is 2.31. The van der Waals surface area contributed by atoms with E-state index >= 15 is 0 Å². The maximum absolute atomic E-state index is 3.70. The highest BCUT2D eigenvalue weighted by Gasteiger charge is 2.15. The second-order valence-corrected chi connectivity index (χ2v) is 6.60. The lowest BCUT2D eigenvalue weighted by atomic mass is 10.0. The summed E-state index contributed by atoms with van der Waals surface area (Å²) in [5, 5.41) is 5.87. The van der Waals surface area contributed by atoms with Crippen LogP contribution < -0.4 is 5.32 Å². The molecule has 0 amide bonds. The van der Waals surface area contributed by atoms with Crippen molar-refractivity contribution in [2.24, 2.45) is 5.92 Å². The zero-order chi connectivity index (χ0) is 13.5. The van der Waals surface area contributed by atoms with Gasteiger partial charge in [-0.3, -0.25) is 0 Å². The predicted molar refractivity (Wildman–Crippen MR) is 82.3 cm³/mol. The van der Waals surface area contributed by atoms with Gasteiger partial charge in [0.15, 0.2) is 0 Å². The molecule has 18 heavy (non-hydrogen) atoms. The standard InChI is InChI=1S/C15H28N2S/c1-12(2)15(14-8-6-11-18-14)16-9-7-10-17(5)13(3)4/h6,8,11-13,15-16H,7,9-10H2,1-5H3. The third-order valence-corrected chi connectivity index (χ3v) is 4.41. The Hall–Kier alpha value is -0.380. The first-order valence-electron chi connectivity index (χ1n) is 6.99. The van der Waals surface area contributed by atoms with Gasteiger partial charge in [-0.25, -0.2) is 0 Å². The molecule has 1 unspecified atom stereocenters. The van der Waals surface area contributed by atoms with E-state index in [4.69, 9.17) is 0 Å². The van der Waals surface area contributed by atoms with Crippen LogP contribution in [0, 0.1) is 5.92 Å². The van der Waals surface area contributed by atoms with E-state index in [1.165, 1.54) is 17.8 Å².